The minimum Gasteiger partial charge on any atom is -0.271 e. The van der Waals surface area contributed by atoms with Gasteiger partial charge in [0.1, 0.15) is 11.6 Å². The Hall–Kier alpha value is -1.37. The monoisotopic (exact) mass is 269 g/mol. The molecule has 0 amide bonds. The number of thiazole rings is 1. The molecule has 1 heterocycles. The van der Waals surface area contributed by atoms with Gasteiger partial charge in [-0.15, -0.1) is 11.3 Å². The first kappa shape index (κ1) is 13.1. The summed E-state index contributed by atoms with van der Waals surface area (Å²) in [6.07, 6.45) is 0.383. The van der Waals surface area contributed by atoms with Crippen molar-refractivity contribution in [2.45, 2.75) is 19.4 Å². The van der Waals surface area contributed by atoms with Crippen molar-refractivity contribution in [3.63, 3.8) is 0 Å². The van der Waals surface area contributed by atoms with E-state index in [-0.39, 0.29) is 6.04 Å². The van der Waals surface area contributed by atoms with Crippen LogP contribution in [0, 0.1) is 18.6 Å². The molecule has 0 saturated heterocycles. The third kappa shape index (κ3) is 3.10. The van der Waals surface area contributed by atoms with Crippen LogP contribution in [0.2, 0.25) is 0 Å². The normalized spacial score (nSPS) is 12.7. The number of benzene rings is 1. The summed E-state index contributed by atoms with van der Waals surface area (Å²) in [7, 11) is 0. The van der Waals surface area contributed by atoms with E-state index in [1.165, 1.54) is 23.5 Å². The molecule has 2 aromatic rings. The molecule has 0 saturated carbocycles. The Balaban J connectivity index is 2.20. The van der Waals surface area contributed by atoms with Gasteiger partial charge in [-0.3, -0.25) is 11.3 Å². The highest BCUT2D eigenvalue weighted by Crippen LogP contribution is 2.20. The average molecular weight is 269 g/mol. The number of nitrogens with one attached hydrogen (secondary N) is 1. The molecule has 1 aromatic heterocycles. The largest absolute Gasteiger partial charge is 0.271 e. The average Bonchev–Trinajstić information content (AvgIpc) is 2.71. The molecular formula is C12H13F2N3S. The standard InChI is InChI=1S/C12H13F2N3S/c1-7-16-12(6-18-7)11(17-15)4-8-2-9(13)5-10(14)3-8/h2-3,5-6,11,17H,4,15H2,1H3. The van der Waals surface area contributed by atoms with Gasteiger partial charge in [-0.2, -0.15) is 0 Å². The summed E-state index contributed by atoms with van der Waals surface area (Å²) in [5, 5.41) is 2.81. The van der Waals surface area contributed by atoms with Gasteiger partial charge in [-0.05, 0) is 31.0 Å². The van der Waals surface area contributed by atoms with Gasteiger partial charge < -0.3 is 0 Å². The van der Waals surface area contributed by atoms with Crippen molar-refractivity contribution in [3.05, 3.63) is 51.5 Å². The Morgan fingerprint density at radius 1 is 1.33 bits per heavy atom. The van der Waals surface area contributed by atoms with E-state index in [0.717, 1.165) is 16.8 Å². The van der Waals surface area contributed by atoms with Crippen LogP contribution in [0.5, 0.6) is 0 Å². The highest BCUT2D eigenvalue weighted by atomic mass is 32.1. The molecule has 0 aliphatic heterocycles. The molecule has 96 valence electrons. The molecular weight excluding hydrogens is 256 g/mol. The number of halogens is 2. The number of nitrogens with two attached hydrogens (primary N) is 1. The van der Waals surface area contributed by atoms with Crippen LogP contribution in [0.15, 0.2) is 23.6 Å². The minimum atomic E-state index is -0.588. The van der Waals surface area contributed by atoms with Crippen molar-refractivity contribution in [1.82, 2.24) is 10.4 Å². The van der Waals surface area contributed by atoms with Gasteiger partial charge in [-0.1, -0.05) is 0 Å². The fraction of sp³-hybridized carbons (Fsp3) is 0.250. The topological polar surface area (TPSA) is 50.9 Å². The van der Waals surface area contributed by atoms with Crippen LogP contribution in [0.1, 0.15) is 22.3 Å². The van der Waals surface area contributed by atoms with E-state index >= 15 is 0 Å². The van der Waals surface area contributed by atoms with E-state index < -0.39 is 11.6 Å². The van der Waals surface area contributed by atoms with Gasteiger partial charge in [0.25, 0.3) is 0 Å². The number of rotatable bonds is 4. The molecule has 0 aliphatic carbocycles. The summed E-state index contributed by atoms with van der Waals surface area (Å²) >= 11 is 1.51. The summed E-state index contributed by atoms with van der Waals surface area (Å²) in [5.74, 6) is 4.29. The third-order valence-corrected chi connectivity index (χ3v) is 3.35. The fourth-order valence-corrected chi connectivity index (χ4v) is 2.42. The Kier molecular flexibility index (Phi) is 4.00. The Labute approximate surface area is 108 Å². The van der Waals surface area contributed by atoms with E-state index in [9.17, 15) is 8.78 Å². The summed E-state index contributed by atoms with van der Waals surface area (Å²) in [6, 6.07) is 3.19. The summed E-state index contributed by atoms with van der Waals surface area (Å²) in [5.41, 5.74) is 3.94. The maximum Gasteiger partial charge on any atom is 0.126 e. The van der Waals surface area contributed by atoms with Crippen LogP contribution in [-0.4, -0.2) is 4.98 Å². The number of hydrazine groups is 1. The van der Waals surface area contributed by atoms with Crippen LogP contribution in [0.3, 0.4) is 0 Å². The number of hydrogen-bond donors (Lipinski definition) is 2. The van der Waals surface area contributed by atoms with Gasteiger partial charge >= 0.3 is 0 Å². The lowest BCUT2D eigenvalue weighted by Crippen LogP contribution is -2.29. The molecule has 1 aromatic carbocycles. The second kappa shape index (κ2) is 5.51. The van der Waals surface area contributed by atoms with E-state index in [1.54, 1.807) is 0 Å². The highest BCUT2D eigenvalue weighted by Gasteiger charge is 2.14. The zero-order chi connectivity index (χ0) is 13.1. The minimum absolute atomic E-state index is 0.254. The first-order valence-electron chi connectivity index (χ1n) is 5.41. The summed E-state index contributed by atoms with van der Waals surface area (Å²) < 4.78 is 26.2. The van der Waals surface area contributed by atoms with E-state index in [4.69, 9.17) is 5.84 Å². The van der Waals surface area contributed by atoms with Gasteiger partial charge in [0, 0.05) is 11.4 Å². The van der Waals surface area contributed by atoms with Gasteiger partial charge in [0.15, 0.2) is 0 Å². The maximum atomic E-state index is 13.1. The van der Waals surface area contributed by atoms with Crippen LogP contribution >= 0.6 is 11.3 Å². The molecule has 3 N–H and O–H groups in total. The number of nitrogens with zero attached hydrogens (tertiary/aromatic N) is 1. The first-order chi connectivity index (χ1) is 8.58. The van der Waals surface area contributed by atoms with Crippen LogP contribution in [0.25, 0.3) is 0 Å². The number of aryl methyl sites for hydroxylation is 1. The van der Waals surface area contributed by atoms with Crippen molar-refractivity contribution in [2.75, 3.05) is 0 Å². The van der Waals surface area contributed by atoms with Crippen molar-refractivity contribution in [1.29, 1.82) is 0 Å². The number of aromatic nitrogens is 1. The SMILES string of the molecule is Cc1nc(C(Cc2cc(F)cc(F)c2)NN)cs1. The molecule has 0 fully saturated rings. The molecule has 1 unspecified atom stereocenters. The zero-order valence-electron chi connectivity index (χ0n) is 9.78. The van der Waals surface area contributed by atoms with E-state index in [2.05, 4.69) is 10.4 Å². The summed E-state index contributed by atoms with van der Waals surface area (Å²) in [6.45, 7) is 1.89. The molecule has 6 heteroatoms. The van der Waals surface area contributed by atoms with E-state index in [0.29, 0.717) is 12.0 Å². The van der Waals surface area contributed by atoms with Crippen molar-refractivity contribution < 1.29 is 8.78 Å². The Bertz CT molecular complexity index is 522. The molecule has 0 radical (unpaired) electrons. The molecule has 3 nitrogen and oxygen atoms in total. The lowest BCUT2D eigenvalue weighted by Gasteiger charge is -2.13. The molecule has 18 heavy (non-hydrogen) atoms. The van der Waals surface area contributed by atoms with Crippen LogP contribution in [-0.2, 0) is 6.42 Å². The lowest BCUT2D eigenvalue weighted by molar-refractivity contribution is 0.531. The Morgan fingerprint density at radius 2 is 2.00 bits per heavy atom. The quantitative estimate of drug-likeness (QED) is 0.662. The van der Waals surface area contributed by atoms with Gasteiger partial charge in [0.05, 0.1) is 16.7 Å². The molecule has 0 aliphatic rings. The maximum absolute atomic E-state index is 13.1. The first-order valence-corrected chi connectivity index (χ1v) is 6.29. The number of hydrogen-bond acceptors (Lipinski definition) is 4. The zero-order valence-corrected chi connectivity index (χ0v) is 10.6. The van der Waals surface area contributed by atoms with Crippen molar-refractivity contribution >= 4 is 11.3 Å². The second-order valence-corrected chi connectivity index (χ2v) is 5.05. The second-order valence-electron chi connectivity index (χ2n) is 3.99. The van der Waals surface area contributed by atoms with E-state index in [1.807, 2.05) is 12.3 Å². The third-order valence-electron chi connectivity index (χ3n) is 2.56. The van der Waals surface area contributed by atoms with Crippen LogP contribution in [0.4, 0.5) is 8.78 Å². The van der Waals surface area contributed by atoms with Crippen molar-refractivity contribution in [3.8, 4) is 0 Å². The highest BCUT2D eigenvalue weighted by molar-refractivity contribution is 7.09. The predicted octanol–water partition coefficient (Wildman–Crippen LogP) is 2.48. The van der Waals surface area contributed by atoms with Crippen LogP contribution < -0.4 is 11.3 Å². The lowest BCUT2D eigenvalue weighted by atomic mass is 10.0. The molecule has 0 spiro atoms. The van der Waals surface area contributed by atoms with Crippen molar-refractivity contribution in [2.24, 2.45) is 5.84 Å². The molecule has 0 bridgehead atoms. The molecule has 1 atom stereocenters. The summed E-state index contributed by atoms with van der Waals surface area (Å²) in [4.78, 5) is 4.31. The Morgan fingerprint density at radius 3 is 2.50 bits per heavy atom. The smallest absolute Gasteiger partial charge is 0.126 e. The van der Waals surface area contributed by atoms with Gasteiger partial charge in [0.2, 0.25) is 0 Å². The van der Waals surface area contributed by atoms with Gasteiger partial charge in [-0.25, -0.2) is 13.8 Å². The fourth-order valence-electron chi connectivity index (χ4n) is 1.75. The predicted molar refractivity (Wildman–Crippen MR) is 67.0 cm³/mol. The molecule has 2 rings (SSSR count).